The van der Waals surface area contributed by atoms with Crippen molar-refractivity contribution >= 4 is 27.3 Å². The number of phenolic OH excluding ortho intramolecular Hbond substituents is 1. The molecule has 0 spiro atoms. The van der Waals surface area contributed by atoms with E-state index in [9.17, 15) is 23.4 Å². The summed E-state index contributed by atoms with van der Waals surface area (Å²) in [6.07, 6.45) is 2.84. The van der Waals surface area contributed by atoms with Crippen LogP contribution in [0.2, 0.25) is 0 Å². The van der Waals surface area contributed by atoms with Crippen molar-refractivity contribution in [3.8, 4) is 23.0 Å². The van der Waals surface area contributed by atoms with Gasteiger partial charge in [0, 0.05) is 17.8 Å². The number of phenols is 1. The highest BCUT2D eigenvalue weighted by molar-refractivity contribution is 7.92. The van der Waals surface area contributed by atoms with Crippen LogP contribution in [0.25, 0.3) is 11.5 Å². The summed E-state index contributed by atoms with van der Waals surface area (Å²) >= 11 is 0. The van der Waals surface area contributed by atoms with Gasteiger partial charge in [0.2, 0.25) is 21.8 Å². The van der Waals surface area contributed by atoms with Gasteiger partial charge in [-0.05, 0) is 66.6 Å². The molecule has 1 heterocycles. The largest absolute Gasteiger partial charge is 0.506 e. The fourth-order valence-corrected chi connectivity index (χ4v) is 4.58. The summed E-state index contributed by atoms with van der Waals surface area (Å²) < 4.78 is 36.1. The highest BCUT2D eigenvalue weighted by atomic mass is 32.2. The third-order valence-corrected chi connectivity index (χ3v) is 6.88. The molecule has 1 aromatic heterocycles. The fourth-order valence-electron chi connectivity index (χ4n) is 4.02. The monoisotopic (exact) mass is 566 g/mol. The molecule has 0 saturated heterocycles. The number of nitrogens with zero attached hydrogens (tertiary/aromatic N) is 1. The molecule has 4 aromatic rings. The number of amides is 1. The molecule has 0 saturated carbocycles. The van der Waals surface area contributed by atoms with E-state index in [1.165, 1.54) is 24.5 Å². The first-order chi connectivity index (χ1) is 19.0. The van der Waals surface area contributed by atoms with Gasteiger partial charge in [0.15, 0.2) is 0 Å². The number of oxazole rings is 1. The Kier molecular flexibility index (Phi) is 8.43. The first-order valence-corrected chi connectivity index (χ1v) is 14.1. The van der Waals surface area contributed by atoms with Crippen LogP contribution >= 0.6 is 0 Å². The van der Waals surface area contributed by atoms with Crippen molar-refractivity contribution in [3.05, 3.63) is 90.3 Å². The Labute approximate surface area is 231 Å². The molecule has 1 amide bonds. The van der Waals surface area contributed by atoms with E-state index >= 15 is 0 Å². The lowest BCUT2D eigenvalue weighted by Gasteiger charge is -2.31. The molecular formula is C28H30N4O7S. The summed E-state index contributed by atoms with van der Waals surface area (Å²) in [6.45, 7) is 1.60. The van der Waals surface area contributed by atoms with E-state index < -0.39 is 21.7 Å². The van der Waals surface area contributed by atoms with Crippen molar-refractivity contribution < 1.29 is 32.6 Å². The number of hydrogen-bond acceptors (Lipinski definition) is 9. The summed E-state index contributed by atoms with van der Waals surface area (Å²) in [7, 11) is -2.11. The van der Waals surface area contributed by atoms with Crippen molar-refractivity contribution in [2.45, 2.75) is 18.6 Å². The summed E-state index contributed by atoms with van der Waals surface area (Å²) in [5.74, 6) is 0.397. The number of aromatic nitrogens is 1. The zero-order valence-electron chi connectivity index (χ0n) is 22.1. The van der Waals surface area contributed by atoms with Crippen LogP contribution in [0.5, 0.6) is 11.5 Å². The average Bonchev–Trinajstić information content (AvgIpc) is 3.47. The molecule has 2 atom stereocenters. The standard InChI is InChI=1S/C28H30N4O7S/c1-28(20-7-11-22(38-2)12-8-20,27(35)31-21-9-4-18(5-10-21)26-29-14-15-39-26)30-17-25(34)19-6-13-24(33)23(16-19)32-40(3,36)37/h4-16,25,30,32-34H,17H2,1-3H3,(H,31,35)/t25-,28?/m1/s1. The summed E-state index contributed by atoms with van der Waals surface area (Å²) in [4.78, 5) is 17.8. The summed E-state index contributed by atoms with van der Waals surface area (Å²) in [6, 6.07) is 18.0. The maximum absolute atomic E-state index is 13.7. The highest BCUT2D eigenvalue weighted by Gasteiger charge is 2.35. The number of anilines is 2. The van der Waals surface area contributed by atoms with E-state index in [4.69, 9.17) is 9.15 Å². The van der Waals surface area contributed by atoms with Crippen LogP contribution < -0.4 is 20.1 Å². The second-order valence-electron chi connectivity index (χ2n) is 9.27. The number of benzene rings is 3. The molecule has 40 heavy (non-hydrogen) atoms. The van der Waals surface area contributed by atoms with Crippen LogP contribution in [0.1, 0.15) is 24.2 Å². The number of methoxy groups -OCH3 is 1. The second-order valence-corrected chi connectivity index (χ2v) is 11.0. The molecule has 12 heteroatoms. The van der Waals surface area contributed by atoms with Crippen molar-refractivity contribution in [1.29, 1.82) is 0 Å². The van der Waals surface area contributed by atoms with Gasteiger partial charge in [-0.1, -0.05) is 18.2 Å². The fraction of sp³-hybridized carbons (Fsp3) is 0.214. The van der Waals surface area contributed by atoms with Crippen LogP contribution in [0.3, 0.4) is 0 Å². The van der Waals surface area contributed by atoms with Crippen LogP contribution in [0.4, 0.5) is 11.4 Å². The maximum atomic E-state index is 13.7. The normalized spacial score (nSPS) is 13.7. The minimum absolute atomic E-state index is 0.0668. The molecule has 0 fully saturated rings. The van der Waals surface area contributed by atoms with Gasteiger partial charge in [-0.3, -0.25) is 14.8 Å². The Balaban J connectivity index is 1.56. The number of carbonyl (C=O) groups excluding carboxylic acids is 1. The Hall–Kier alpha value is -4.39. The van der Waals surface area contributed by atoms with Gasteiger partial charge >= 0.3 is 0 Å². The van der Waals surface area contributed by atoms with Crippen LogP contribution in [0, 0.1) is 0 Å². The zero-order chi connectivity index (χ0) is 28.9. The Morgan fingerprint density at radius 3 is 2.40 bits per heavy atom. The Morgan fingerprint density at radius 1 is 1.10 bits per heavy atom. The van der Waals surface area contributed by atoms with E-state index in [0.717, 1.165) is 11.8 Å². The predicted molar refractivity (Wildman–Crippen MR) is 150 cm³/mol. The first kappa shape index (κ1) is 28.6. The van der Waals surface area contributed by atoms with E-state index in [1.54, 1.807) is 68.8 Å². The zero-order valence-corrected chi connectivity index (χ0v) is 22.9. The van der Waals surface area contributed by atoms with Gasteiger partial charge < -0.3 is 24.7 Å². The van der Waals surface area contributed by atoms with Crippen molar-refractivity contribution in [2.24, 2.45) is 0 Å². The Bertz CT molecular complexity index is 1560. The molecule has 0 bridgehead atoms. The molecule has 5 N–H and O–H groups in total. The molecule has 4 rings (SSSR count). The second kappa shape index (κ2) is 11.8. The van der Waals surface area contributed by atoms with Gasteiger partial charge in [0.1, 0.15) is 23.3 Å². The van der Waals surface area contributed by atoms with Gasteiger partial charge in [0.05, 0.1) is 31.4 Å². The molecule has 3 aromatic carbocycles. The third kappa shape index (κ3) is 6.78. The number of aliphatic hydroxyl groups is 1. The van der Waals surface area contributed by atoms with Gasteiger partial charge in [-0.15, -0.1) is 0 Å². The van der Waals surface area contributed by atoms with Gasteiger partial charge in [-0.2, -0.15) is 0 Å². The first-order valence-electron chi connectivity index (χ1n) is 12.2. The summed E-state index contributed by atoms with van der Waals surface area (Å²) in [5.41, 5.74) is 0.857. The quantitative estimate of drug-likeness (QED) is 0.171. The van der Waals surface area contributed by atoms with E-state index in [-0.39, 0.29) is 23.9 Å². The molecule has 1 unspecified atom stereocenters. The number of nitrogens with one attached hydrogen (secondary N) is 3. The number of rotatable bonds is 11. The third-order valence-electron chi connectivity index (χ3n) is 6.29. The Morgan fingerprint density at radius 2 is 1.80 bits per heavy atom. The van der Waals surface area contributed by atoms with E-state index in [0.29, 0.717) is 28.5 Å². The molecule has 0 aliphatic rings. The van der Waals surface area contributed by atoms with Crippen LogP contribution in [-0.2, 0) is 20.4 Å². The molecule has 210 valence electrons. The number of hydrogen-bond donors (Lipinski definition) is 5. The highest BCUT2D eigenvalue weighted by Crippen LogP contribution is 2.30. The lowest BCUT2D eigenvalue weighted by atomic mass is 9.90. The molecule has 0 radical (unpaired) electrons. The number of ether oxygens (including phenoxy) is 1. The lowest BCUT2D eigenvalue weighted by Crippen LogP contribution is -2.50. The number of aliphatic hydroxyl groups excluding tert-OH is 1. The average molecular weight is 567 g/mol. The minimum atomic E-state index is -3.66. The number of carbonyl (C=O) groups is 1. The minimum Gasteiger partial charge on any atom is -0.506 e. The van der Waals surface area contributed by atoms with Crippen LogP contribution in [0.15, 0.2) is 83.6 Å². The number of aromatic hydroxyl groups is 1. The molecular weight excluding hydrogens is 536 g/mol. The predicted octanol–water partition coefficient (Wildman–Crippen LogP) is 3.60. The van der Waals surface area contributed by atoms with Gasteiger partial charge in [0.25, 0.3) is 0 Å². The van der Waals surface area contributed by atoms with Gasteiger partial charge in [-0.25, -0.2) is 13.4 Å². The lowest BCUT2D eigenvalue weighted by molar-refractivity contribution is -0.122. The van der Waals surface area contributed by atoms with Crippen molar-refractivity contribution in [1.82, 2.24) is 10.3 Å². The van der Waals surface area contributed by atoms with Crippen LogP contribution in [-0.4, -0.2) is 49.4 Å². The van der Waals surface area contributed by atoms with E-state index in [1.807, 2.05) is 0 Å². The molecule has 11 nitrogen and oxygen atoms in total. The summed E-state index contributed by atoms with van der Waals surface area (Å²) in [5, 5.41) is 27.0. The van der Waals surface area contributed by atoms with Crippen molar-refractivity contribution in [2.75, 3.05) is 29.9 Å². The van der Waals surface area contributed by atoms with E-state index in [2.05, 4.69) is 20.3 Å². The number of sulfonamides is 1. The smallest absolute Gasteiger partial charge is 0.249 e. The van der Waals surface area contributed by atoms with Crippen molar-refractivity contribution in [3.63, 3.8) is 0 Å². The maximum Gasteiger partial charge on any atom is 0.249 e. The SMILES string of the molecule is COc1ccc(C(C)(NC[C@@H](O)c2ccc(O)c(NS(C)(=O)=O)c2)C(=O)Nc2ccc(-c3ncco3)cc2)cc1. The topological polar surface area (TPSA) is 163 Å². The molecule has 0 aliphatic carbocycles. The molecule has 0 aliphatic heterocycles.